The zero-order chi connectivity index (χ0) is 16.8. The predicted octanol–water partition coefficient (Wildman–Crippen LogP) is 2.51. The average molecular weight is 319 g/mol. The van der Waals surface area contributed by atoms with Crippen LogP contribution in [0.1, 0.15) is 26.0 Å². The average Bonchev–Trinajstić information content (AvgIpc) is 2.96. The number of aromatic nitrogens is 1. The van der Waals surface area contributed by atoms with Gasteiger partial charge < -0.3 is 15.5 Å². The van der Waals surface area contributed by atoms with Crippen molar-refractivity contribution in [3.05, 3.63) is 42.0 Å². The first-order valence-electron chi connectivity index (χ1n) is 7.69. The third kappa shape index (κ3) is 5.17. The lowest BCUT2D eigenvalue weighted by Gasteiger charge is -2.13. The summed E-state index contributed by atoms with van der Waals surface area (Å²) in [5.74, 6) is 0.356. The monoisotopic (exact) mass is 319 g/mol. The Balaban J connectivity index is 1.83. The minimum atomic E-state index is -0.484. The molecule has 0 saturated carbocycles. The van der Waals surface area contributed by atoms with Crippen LogP contribution in [0.3, 0.4) is 0 Å². The molecule has 5 nitrogen and oxygen atoms in total. The van der Waals surface area contributed by atoms with E-state index in [1.165, 1.54) is 12.1 Å². The Labute approximate surface area is 135 Å². The van der Waals surface area contributed by atoms with E-state index in [2.05, 4.69) is 10.3 Å². The molecule has 0 fully saturated rings. The summed E-state index contributed by atoms with van der Waals surface area (Å²) in [6, 6.07) is 5.45. The van der Waals surface area contributed by atoms with Crippen molar-refractivity contribution in [1.29, 1.82) is 0 Å². The highest BCUT2D eigenvalue weighted by Crippen LogP contribution is 2.18. The van der Waals surface area contributed by atoms with E-state index >= 15 is 0 Å². The fourth-order valence-corrected chi connectivity index (χ4v) is 2.21. The predicted molar refractivity (Wildman–Crippen MR) is 86.0 cm³/mol. The van der Waals surface area contributed by atoms with Crippen LogP contribution in [0.2, 0.25) is 0 Å². The highest BCUT2D eigenvalue weighted by Gasteiger charge is 2.14. The van der Waals surface area contributed by atoms with Crippen LogP contribution in [0.25, 0.3) is 11.5 Å². The molecule has 6 heteroatoms. The molecule has 2 rings (SSSR count). The van der Waals surface area contributed by atoms with E-state index in [9.17, 15) is 9.18 Å². The van der Waals surface area contributed by atoms with Crippen LogP contribution in [0.5, 0.6) is 0 Å². The Bertz CT molecular complexity index is 638. The molecule has 1 atom stereocenters. The number of carbonyl (C=O) groups excluding carboxylic acids is 1. The van der Waals surface area contributed by atoms with E-state index in [1.54, 1.807) is 18.4 Å². The van der Waals surface area contributed by atoms with Gasteiger partial charge in [-0.05, 0) is 36.6 Å². The molecule has 0 spiro atoms. The topological polar surface area (TPSA) is 81.2 Å². The number of nitrogens with zero attached hydrogens (tertiary/aromatic N) is 1. The number of nitrogens with one attached hydrogen (secondary N) is 1. The minimum absolute atomic E-state index is 0.152. The molecule has 1 aromatic heterocycles. The van der Waals surface area contributed by atoms with Gasteiger partial charge in [-0.1, -0.05) is 13.8 Å². The van der Waals surface area contributed by atoms with Crippen LogP contribution in [0.15, 0.2) is 34.9 Å². The van der Waals surface area contributed by atoms with Crippen molar-refractivity contribution < 1.29 is 13.6 Å². The minimum Gasteiger partial charge on any atom is -0.444 e. The molecule has 0 aliphatic heterocycles. The fourth-order valence-electron chi connectivity index (χ4n) is 2.21. The number of nitrogens with two attached hydrogens (primary N) is 1. The number of carbonyl (C=O) groups is 1. The maximum atomic E-state index is 12.9. The molecule has 1 amide bonds. The van der Waals surface area contributed by atoms with E-state index in [-0.39, 0.29) is 11.7 Å². The third-order valence-electron chi connectivity index (χ3n) is 3.39. The van der Waals surface area contributed by atoms with Gasteiger partial charge in [0.05, 0.1) is 11.7 Å². The van der Waals surface area contributed by atoms with Crippen molar-refractivity contribution in [2.24, 2.45) is 11.7 Å². The molecule has 0 unspecified atom stereocenters. The Morgan fingerprint density at radius 3 is 2.70 bits per heavy atom. The van der Waals surface area contributed by atoms with Crippen LogP contribution in [-0.4, -0.2) is 23.5 Å². The third-order valence-corrected chi connectivity index (χ3v) is 3.39. The summed E-state index contributed by atoms with van der Waals surface area (Å²) < 4.78 is 18.3. The van der Waals surface area contributed by atoms with Gasteiger partial charge in [-0.25, -0.2) is 9.37 Å². The first-order valence-corrected chi connectivity index (χ1v) is 7.69. The van der Waals surface area contributed by atoms with Gasteiger partial charge in [-0.2, -0.15) is 0 Å². The largest absolute Gasteiger partial charge is 0.444 e. The molecule has 0 radical (unpaired) electrons. The maximum Gasteiger partial charge on any atom is 0.236 e. The number of benzene rings is 1. The van der Waals surface area contributed by atoms with Gasteiger partial charge in [0.1, 0.15) is 12.1 Å². The van der Waals surface area contributed by atoms with Gasteiger partial charge in [0.2, 0.25) is 11.8 Å². The summed E-state index contributed by atoms with van der Waals surface area (Å²) in [4.78, 5) is 16.1. The van der Waals surface area contributed by atoms with Crippen LogP contribution in [0, 0.1) is 11.7 Å². The van der Waals surface area contributed by atoms with Gasteiger partial charge in [0.25, 0.3) is 0 Å². The second-order valence-corrected chi connectivity index (χ2v) is 5.93. The van der Waals surface area contributed by atoms with Crippen molar-refractivity contribution in [3.8, 4) is 11.5 Å². The van der Waals surface area contributed by atoms with Crippen LogP contribution in [0.4, 0.5) is 4.39 Å². The Hall–Kier alpha value is -2.21. The van der Waals surface area contributed by atoms with Crippen molar-refractivity contribution in [3.63, 3.8) is 0 Å². The maximum absolute atomic E-state index is 12.9. The smallest absolute Gasteiger partial charge is 0.236 e. The molecule has 2 aromatic rings. The molecule has 23 heavy (non-hydrogen) atoms. The summed E-state index contributed by atoms with van der Waals surface area (Å²) in [5.41, 5.74) is 7.25. The number of oxazole rings is 1. The molecule has 0 saturated heterocycles. The van der Waals surface area contributed by atoms with E-state index in [1.807, 2.05) is 13.8 Å². The van der Waals surface area contributed by atoms with Crippen LogP contribution in [-0.2, 0) is 11.2 Å². The second-order valence-electron chi connectivity index (χ2n) is 5.93. The Morgan fingerprint density at radius 1 is 1.35 bits per heavy atom. The summed E-state index contributed by atoms with van der Waals surface area (Å²) >= 11 is 0. The summed E-state index contributed by atoms with van der Waals surface area (Å²) in [6.07, 6.45) is 2.74. The van der Waals surface area contributed by atoms with E-state index in [4.69, 9.17) is 10.2 Å². The number of halogens is 1. The highest BCUT2D eigenvalue weighted by atomic mass is 19.1. The van der Waals surface area contributed by atoms with Crippen LogP contribution < -0.4 is 11.1 Å². The number of hydrogen-bond acceptors (Lipinski definition) is 4. The lowest BCUT2D eigenvalue weighted by molar-refractivity contribution is -0.122. The molecule has 3 N–H and O–H groups in total. The van der Waals surface area contributed by atoms with Crippen molar-refractivity contribution in [2.45, 2.75) is 32.7 Å². The van der Waals surface area contributed by atoms with Crippen LogP contribution >= 0.6 is 0 Å². The zero-order valence-electron chi connectivity index (χ0n) is 13.4. The van der Waals surface area contributed by atoms with Gasteiger partial charge >= 0.3 is 0 Å². The number of rotatable bonds is 7. The second kappa shape index (κ2) is 7.87. The molecular weight excluding hydrogens is 297 g/mol. The first-order chi connectivity index (χ1) is 11.0. The molecule has 0 aliphatic carbocycles. The molecular formula is C17H22FN3O2. The summed E-state index contributed by atoms with van der Waals surface area (Å²) in [7, 11) is 0. The highest BCUT2D eigenvalue weighted by molar-refractivity contribution is 5.81. The zero-order valence-corrected chi connectivity index (χ0v) is 13.4. The molecule has 1 aromatic carbocycles. The number of amides is 1. The SMILES string of the molecule is CC(C)C[C@H](N)C(=O)NCCc1coc(-c2ccc(F)cc2)n1. The van der Waals surface area contributed by atoms with Gasteiger partial charge in [0.15, 0.2) is 0 Å². The Morgan fingerprint density at radius 2 is 2.04 bits per heavy atom. The van der Waals surface area contributed by atoms with E-state index in [0.29, 0.717) is 36.8 Å². The van der Waals surface area contributed by atoms with Gasteiger partial charge in [-0.3, -0.25) is 4.79 Å². The normalized spacial score (nSPS) is 12.4. The quantitative estimate of drug-likeness (QED) is 0.821. The van der Waals surface area contributed by atoms with Crippen molar-refractivity contribution >= 4 is 5.91 Å². The van der Waals surface area contributed by atoms with Crippen molar-refractivity contribution in [1.82, 2.24) is 10.3 Å². The number of hydrogen-bond donors (Lipinski definition) is 2. The van der Waals surface area contributed by atoms with E-state index in [0.717, 1.165) is 5.69 Å². The summed E-state index contributed by atoms with van der Waals surface area (Å²) in [5, 5.41) is 2.80. The Kier molecular flexibility index (Phi) is 5.87. The molecule has 124 valence electrons. The molecule has 0 aliphatic rings. The van der Waals surface area contributed by atoms with Crippen molar-refractivity contribution in [2.75, 3.05) is 6.54 Å². The fraction of sp³-hybridized carbons (Fsp3) is 0.412. The van der Waals surface area contributed by atoms with E-state index < -0.39 is 6.04 Å². The lowest BCUT2D eigenvalue weighted by Crippen LogP contribution is -2.42. The van der Waals surface area contributed by atoms with Gasteiger partial charge in [-0.15, -0.1) is 0 Å². The van der Waals surface area contributed by atoms with Gasteiger partial charge in [0, 0.05) is 18.5 Å². The first kappa shape index (κ1) is 17.1. The molecule has 0 bridgehead atoms. The lowest BCUT2D eigenvalue weighted by atomic mass is 10.0. The molecule has 1 heterocycles. The summed E-state index contributed by atoms with van der Waals surface area (Å²) in [6.45, 7) is 4.50. The standard InChI is InChI=1S/C17H22FN3O2/c1-11(2)9-15(19)16(22)20-8-7-14-10-23-17(21-14)12-3-5-13(18)6-4-12/h3-6,10-11,15H,7-9,19H2,1-2H3,(H,20,22)/t15-/m0/s1.